The zero-order chi connectivity index (χ0) is 21.2. The lowest BCUT2D eigenvalue weighted by Gasteiger charge is -2.29. The maximum atomic E-state index is 5.81. The quantitative estimate of drug-likeness (QED) is 0.387. The van der Waals surface area contributed by atoms with E-state index < -0.39 is 0 Å². The van der Waals surface area contributed by atoms with Gasteiger partial charge in [-0.05, 0) is 72.9 Å². The molecule has 0 amide bonds. The Kier molecular flexibility index (Phi) is 5.53. The highest BCUT2D eigenvalue weighted by molar-refractivity contribution is 9.10. The average Bonchev–Trinajstić information content (AvgIpc) is 3.39. The summed E-state index contributed by atoms with van der Waals surface area (Å²) >= 11 is 9.34. The van der Waals surface area contributed by atoms with Crippen LogP contribution in [0.15, 0.2) is 95.9 Å². The average molecular weight is 490 g/mol. The first-order valence-electron chi connectivity index (χ1n) is 10.0. The third-order valence-electron chi connectivity index (χ3n) is 5.43. The predicted molar refractivity (Wildman–Crippen MR) is 130 cm³/mol. The fraction of sp³-hybridized carbons (Fsp3) is 0.125. The van der Waals surface area contributed by atoms with Crippen LogP contribution in [-0.4, -0.2) is 19.6 Å². The van der Waals surface area contributed by atoms with E-state index in [0.717, 1.165) is 27.2 Å². The molecule has 5 rings (SSSR count). The number of thiocarbonyl (C=S) groups is 1. The van der Waals surface area contributed by atoms with Crippen molar-refractivity contribution in [1.29, 1.82) is 0 Å². The van der Waals surface area contributed by atoms with E-state index in [0.29, 0.717) is 11.7 Å². The van der Waals surface area contributed by atoms with Gasteiger partial charge >= 0.3 is 0 Å². The van der Waals surface area contributed by atoms with Crippen LogP contribution in [0.2, 0.25) is 0 Å². The van der Waals surface area contributed by atoms with E-state index in [1.807, 2.05) is 60.9 Å². The molecule has 3 aromatic heterocycles. The van der Waals surface area contributed by atoms with Gasteiger partial charge in [0.25, 0.3) is 0 Å². The fourth-order valence-corrected chi connectivity index (χ4v) is 4.65. The second-order valence-electron chi connectivity index (χ2n) is 7.36. The number of hydrogen-bond donors (Lipinski definition) is 1. The van der Waals surface area contributed by atoms with Gasteiger partial charge in [-0.3, -0.25) is 9.97 Å². The van der Waals surface area contributed by atoms with E-state index in [1.165, 1.54) is 0 Å². The Hall–Kier alpha value is -3.03. The number of rotatable bonds is 5. The zero-order valence-corrected chi connectivity index (χ0v) is 19.0. The SMILES string of the molecule is S=C1N[C@@H](c2ccccn2)[C@H](c2cccn2Cc2ccccn2)N1c1ccc(Br)cc1. The van der Waals surface area contributed by atoms with Gasteiger partial charge in [-0.1, -0.05) is 28.1 Å². The molecule has 1 N–H and O–H groups in total. The van der Waals surface area contributed by atoms with Crippen molar-refractivity contribution >= 4 is 38.9 Å². The Bertz CT molecular complexity index is 1180. The van der Waals surface area contributed by atoms with Gasteiger partial charge in [-0.15, -0.1) is 0 Å². The van der Waals surface area contributed by atoms with Gasteiger partial charge in [0.15, 0.2) is 5.11 Å². The Morgan fingerprint density at radius 3 is 2.39 bits per heavy atom. The summed E-state index contributed by atoms with van der Waals surface area (Å²) in [6.45, 7) is 0.690. The number of pyridine rings is 2. The summed E-state index contributed by atoms with van der Waals surface area (Å²) in [4.78, 5) is 11.3. The summed E-state index contributed by atoms with van der Waals surface area (Å²) in [6, 6.07) is 24.3. The van der Waals surface area contributed by atoms with E-state index in [-0.39, 0.29) is 12.1 Å². The molecule has 1 aromatic carbocycles. The standard InChI is InChI=1S/C24H20BrN5S/c25-17-9-11-19(12-10-17)30-23(22(28-24(30)31)20-7-2-4-14-27-20)21-8-5-15-29(21)16-18-6-1-3-13-26-18/h1-15,22-23H,16H2,(H,28,31)/t22-,23-/m0/s1. The minimum atomic E-state index is -0.0743. The van der Waals surface area contributed by atoms with Crippen molar-refractivity contribution in [1.82, 2.24) is 19.9 Å². The minimum absolute atomic E-state index is 0.0534. The van der Waals surface area contributed by atoms with Gasteiger partial charge in [-0.25, -0.2) is 0 Å². The van der Waals surface area contributed by atoms with Crippen LogP contribution in [-0.2, 0) is 6.54 Å². The smallest absolute Gasteiger partial charge is 0.174 e. The first-order valence-corrected chi connectivity index (χ1v) is 11.2. The van der Waals surface area contributed by atoms with Gasteiger partial charge in [0, 0.05) is 34.4 Å². The van der Waals surface area contributed by atoms with Crippen LogP contribution in [0, 0.1) is 0 Å². The van der Waals surface area contributed by atoms with Crippen LogP contribution >= 0.6 is 28.1 Å². The summed E-state index contributed by atoms with van der Waals surface area (Å²) in [5.74, 6) is 0. The lowest BCUT2D eigenvalue weighted by Crippen LogP contribution is -2.30. The molecule has 0 saturated carbocycles. The molecule has 4 heterocycles. The summed E-state index contributed by atoms with van der Waals surface area (Å²) in [5, 5.41) is 4.21. The highest BCUT2D eigenvalue weighted by Crippen LogP contribution is 2.41. The molecule has 154 valence electrons. The van der Waals surface area contributed by atoms with Gasteiger partial charge in [0.1, 0.15) is 6.04 Å². The summed E-state index contributed by atoms with van der Waals surface area (Å²) in [5.41, 5.74) is 4.16. The van der Waals surface area contributed by atoms with Crippen molar-refractivity contribution in [3.05, 3.63) is 113 Å². The first-order chi connectivity index (χ1) is 15.2. The topological polar surface area (TPSA) is 46.0 Å². The van der Waals surface area contributed by atoms with E-state index in [2.05, 4.69) is 71.1 Å². The lowest BCUT2D eigenvalue weighted by molar-refractivity contribution is 0.532. The second-order valence-corrected chi connectivity index (χ2v) is 8.66. The Morgan fingerprint density at radius 2 is 1.68 bits per heavy atom. The number of nitrogens with zero attached hydrogens (tertiary/aromatic N) is 4. The van der Waals surface area contributed by atoms with E-state index in [1.54, 1.807) is 0 Å². The van der Waals surface area contributed by atoms with Crippen LogP contribution in [0.4, 0.5) is 5.69 Å². The molecule has 0 aliphatic carbocycles. The molecule has 1 fully saturated rings. The summed E-state index contributed by atoms with van der Waals surface area (Å²) in [7, 11) is 0. The molecule has 7 heteroatoms. The third kappa shape index (κ3) is 3.98. The van der Waals surface area contributed by atoms with Crippen LogP contribution < -0.4 is 10.2 Å². The number of aromatic nitrogens is 3. The van der Waals surface area contributed by atoms with Gasteiger partial charge < -0.3 is 14.8 Å². The second kappa shape index (κ2) is 8.61. The molecular weight excluding hydrogens is 470 g/mol. The van der Waals surface area contributed by atoms with E-state index in [4.69, 9.17) is 12.2 Å². The predicted octanol–water partition coefficient (Wildman–Crippen LogP) is 5.27. The number of hydrogen-bond acceptors (Lipinski definition) is 3. The molecule has 2 atom stereocenters. The molecule has 0 unspecified atom stereocenters. The zero-order valence-electron chi connectivity index (χ0n) is 16.6. The molecule has 1 aliphatic heterocycles. The number of anilines is 1. The fourth-order valence-electron chi connectivity index (χ4n) is 4.04. The van der Waals surface area contributed by atoms with Crippen molar-refractivity contribution in [2.24, 2.45) is 0 Å². The largest absolute Gasteiger partial charge is 0.351 e. The van der Waals surface area contributed by atoms with Crippen molar-refractivity contribution in [3.63, 3.8) is 0 Å². The molecule has 0 spiro atoms. The van der Waals surface area contributed by atoms with Crippen LogP contribution in [0.5, 0.6) is 0 Å². The molecule has 5 nitrogen and oxygen atoms in total. The van der Waals surface area contributed by atoms with E-state index >= 15 is 0 Å². The molecule has 0 bridgehead atoms. The van der Waals surface area contributed by atoms with Gasteiger partial charge in [0.2, 0.25) is 0 Å². The Balaban J connectivity index is 1.60. The Morgan fingerprint density at radius 1 is 0.903 bits per heavy atom. The molecule has 1 aliphatic rings. The van der Waals surface area contributed by atoms with Crippen LogP contribution in [0.3, 0.4) is 0 Å². The summed E-state index contributed by atoms with van der Waals surface area (Å²) in [6.07, 6.45) is 5.75. The van der Waals surface area contributed by atoms with E-state index in [9.17, 15) is 0 Å². The number of benzene rings is 1. The number of halogens is 1. The molecule has 31 heavy (non-hydrogen) atoms. The van der Waals surface area contributed by atoms with Gasteiger partial charge in [0.05, 0.1) is 24.0 Å². The van der Waals surface area contributed by atoms with Crippen molar-refractivity contribution < 1.29 is 0 Å². The first kappa shape index (κ1) is 19.9. The maximum Gasteiger partial charge on any atom is 0.174 e. The van der Waals surface area contributed by atoms with Crippen molar-refractivity contribution in [2.75, 3.05) is 4.90 Å². The minimum Gasteiger partial charge on any atom is -0.351 e. The van der Waals surface area contributed by atoms with Crippen molar-refractivity contribution in [3.8, 4) is 0 Å². The Labute approximate surface area is 194 Å². The summed E-state index contributed by atoms with van der Waals surface area (Å²) < 4.78 is 3.27. The lowest BCUT2D eigenvalue weighted by atomic mass is 10.0. The van der Waals surface area contributed by atoms with Crippen LogP contribution in [0.25, 0.3) is 0 Å². The highest BCUT2D eigenvalue weighted by Gasteiger charge is 2.42. The van der Waals surface area contributed by atoms with Gasteiger partial charge in [-0.2, -0.15) is 0 Å². The number of nitrogens with one attached hydrogen (secondary N) is 1. The third-order valence-corrected chi connectivity index (χ3v) is 6.27. The molecule has 1 saturated heterocycles. The maximum absolute atomic E-state index is 5.81. The normalized spacial score (nSPS) is 18.2. The van der Waals surface area contributed by atoms with Crippen LogP contribution in [0.1, 0.15) is 29.2 Å². The van der Waals surface area contributed by atoms with Crippen molar-refractivity contribution in [2.45, 2.75) is 18.6 Å². The molecule has 4 aromatic rings. The highest BCUT2D eigenvalue weighted by atomic mass is 79.9. The monoisotopic (exact) mass is 489 g/mol. The molecule has 0 radical (unpaired) electrons. The molecular formula is C24H20BrN5S.